The number of ether oxygens (including phenoxy) is 2. The number of carbonyl (C=O) groups is 1. The molecule has 23 heavy (non-hydrogen) atoms. The molecule has 0 aromatic rings. The molecule has 2 unspecified atom stereocenters. The maximum atomic E-state index is 11.5. The first-order valence-electron chi connectivity index (χ1n) is 8.66. The molecule has 0 spiro atoms. The van der Waals surface area contributed by atoms with E-state index >= 15 is 0 Å². The number of methoxy groups -OCH3 is 1. The maximum absolute atomic E-state index is 11.5. The van der Waals surface area contributed by atoms with Crippen LogP contribution in [0.3, 0.4) is 0 Å². The zero-order valence-corrected chi connectivity index (χ0v) is 16.0. The summed E-state index contributed by atoms with van der Waals surface area (Å²) in [6, 6.07) is 0. The Kier molecular flexibility index (Phi) is 10.4. The van der Waals surface area contributed by atoms with Crippen molar-refractivity contribution in [3.63, 3.8) is 0 Å². The molecule has 0 aliphatic heterocycles. The molecular weight excluding hydrogens is 292 g/mol. The highest BCUT2D eigenvalue weighted by molar-refractivity contribution is 5.82. The first-order valence-corrected chi connectivity index (χ1v) is 8.66. The Balaban J connectivity index is 4.10. The lowest BCUT2D eigenvalue weighted by atomic mass is 9.92. The smallest absolute Gasteiger partial charge is 0.330 e. The molecule has 0 bridgehead atoms. The van der Waals surface area contributed by atoms with Gasteiger partial charge in [-0.25, -0.2) is 4.79 Å². The Hall–Kier alpha value is -0.870. The van der Waals surface area contributed by atoms with Crippen molar-refractivity contribution in [2.45, 2.75) is 91.5 Å². The van der Waals surface area contributed by atoms with Gasteiger partial charge in [0.25, 0.3) is 0 Å². The monoisotopic (exact) mass is 328 g/mol. The Morgan fingerprint density at radius 3 is 2.39 bits per heavy atom. The predicted octanol–water partition coefficient (Wildman–Crippen LogP) is 4.26. The first-order chi connectivity index (χ1) is 10.6. The van der Waals surface area contributed by atoms with Crippen LogP contribution in [0.1, 0.15) is 73.6 Å². The highest BCUT2D eigenvalue weighted by Crippen LogP contribution is 2.22. The van der Waals surface area contributed by atoms with E-state index < -0.39 is 6.10 Å². The van der Waals surface area contributed by atoms with Crippen molar-refractivity contribution in [2.75, 3.05) is 7.11 Å². The van der Waals surface area contributed by atoms with Gasteiger partial charge in [-0.15, -0.1) is 0 Å². The summed E-state index contributed by atoms with van der Waals surface area (Å²) in [6.07, 6.45) is 5.39. The number of hydrogen-bond acceptors (Lipinski definition) is 4. The summed E-state index contributed by atoms with van der Waals surface area (Å²) < 4.78 is 10.5. The van der Waals surface area contributed by atoms with Crippen LogP contribution in [-0.4, -0.2) is 36.0 Å². The van der Waals surface area contributed by atoms with Gasteiger partial charge in [0.1, 0.15) is 0 Å². The molecule has 136 valence electrons. The highest BCUT2D eigenvalue weighted by atomic mass is 16.5. The summed E-state index contributed by atoms with van der Waals surface area (Å²) in [5, 5.41) is 10.2. The van der Waals surface area contributed by atoms with Gasteiger partial charge in [0.05, 0.1) is 17.8 Å². The summed E-state index contributed by atoms with van der Waals surface area (Å²) in [5.74, 6) is 0.118. The van der Waals surface area contributed by atoms with E-state index in [1.54, 1.807) is 7.11 Å². The Morgan fingerprint density at radius 1 is 1.26 bits per heavy atom. The van der Waals surface area contributed by atoms with Crippen molar-refractivity contribution in [1.29, 1.82) is 0 Å². The Morgan fingerprint density at radius 2 is 1.87 bits per heavy atom. The second kappa shape index (κ2) is 10.8. The zero-order chi connectivity index (χ0) is 18.0. The molecule has 0 aliphatic rings. The molecule has 0 saturated heterocycles. The van der Waals surface area contributed by atoms with Crippen LogP contribution in [0.15, 0.2) is 11.6 Å². The number of aliphatic hydroxyl groups excluding tert-OH is 1. The van der Waals surface area contributed by atoms with E-state index in [2.05, 4.69) is 20.8 Å². The van der Waals surface area contributed by atoms with Crippen LogP contribution < -0.4 is 0 Å². The number of esters is 1. The standard InChI is InChI=1S/C19H36O4/c1-14(2)23-18(21)13-16(4)12-17(20)11-15(3)9-8-10-19(5,6)22-7/h13-15,17,20H,8-12H2,1-7H3/b16-13+. The lowest BCUT2D eigenvalue weighted by Gasteiger charge is -2.24. The Labute approximate surface area is 142 Å². The molecule has 0 radical (unpaired) electrons. The van der Waals surface area contributed by atoms with Gasteiger partial charge in [-0.2, -0.15) is 0 Å². The minimum Gasteiger partial charge on any atom is -0.460 e. The van der Waals surface area contributed by atoms with Gasteiger partial charge < -0.3 is 14.6 Å². The van der Waals surface area contributed by atoms with Crippen LogP contribution in [0.25, 0.3) is 0 Å². The topological polar surface area (TPSA) is 55.8 Å². The fourth-order valence-corrected chi connectivity index (χ4v) is 2.54. The van der Waals surface area contributed by atoms with Crippen LogP contribution in [0.2, 0.25) is 0 Å². The van der Waals surface area contributed by atoms with Gasteiger partial charge in [0.15, 0.2) is 0 Å². The van der Waals surface area contributed by atoms with Gasteiger partial charge in [-0.1, -0.05) is 25.3 Å². The maximum Gasteiger partial charge on any atom is 0.330 e. The van der Waals surface area contributed by atoms with Crippen molar-refractivity contribution in [3.8, 4) is 0 Å². The van der Waals surface area contributed by atoms with E-state index in [0.29, 0.717) is 12.3 Å². The first kappa shape index (κ1) is 22.1. The quantitative estimate of drug-likeness (QED) is 0.455. The number of rotatable bonds is 11. The molecule has 0 fully saturated rings. The van der Waals surface area contributed by atoms with Crippen LogP contribution in [0.5, 0.6) is 0 Å². The third-order valence-corrected chi connectivity index (χ3v) is 3.98. The lowest BCUT2D eigenvalue weighted by Crippen LogP contribution is -2.22. The third kappa shape index (κ3) is 12.2. The number of carbonyl (C=O) groups excluding carboxylic acids is 1. The van der Waals surface area contributed by atoms with Gasteiger partial charge in [0, 0.05) is 13.2 Å². The molecule has 0 aliphatic carbocycles. The molecule has 0 aromatic carbocycles. The van der Waals surface area contributed by atoms with E-state index in [4.69, 9.17) is 9.47 Å². The summed E-state index contributed by atoms with van der Waals surface area (Å²) >= 11 is 0. The lowest BCUT2D eigenvalue weighted by molar-refractivity contribution is -0.141. The second-order valence-electron chi connectivity index (χ2n) is 7.53. The van der Waals surface area contributed by atoms with E-state index in [1.165, 1.54) is 6.08 Å². The molecule has 0 amide bonds. The fourth-order valence-electron chi connectivity index (χ4n) is 2.54. The van der Waals surface area contributed by atoms with Crippen LogP contribution in [0.4, 0.5) is 0 Å². The van der Waals surface area contributed by atoms with Crippen molar-refractivity contribution in [3.05, 3.63) is 11.6 Å². The molecule has 0 rings (SSSR count). The molecule has 0 heterocycles. The molecule has 0 aromatic heterocycles. The van der Waals surface area contributed by atoms with Crippen LogP contribution in [-0.2, 0) is 14.3 Å². The van der Waals surface area contributed by atoms with E-state index in [9.17, 15) is 9.90 Å². The molecule has 1 N–H and O–H groups in total. The number of hydrogen-bond donors (Lipinski definition) is 1. The van der Waals surface area contributed by atoms with E-state index in [-0.39, 0.29) is 17.7 Å². The van der Waals surface area contributed by atoms with Gasteiger partial charge >= 0.3 is 5.97 Å². The Bertz CT molecular complexity index is 372. The van der Waals surface area contributed by atoms with Crippen molar-refractivity contribution in [1.82, 2.24) is 0 Å². The summed E-state index contributed by atoms with van der Waals surface area (Å²) in [5.41, 5.74) is 0.782. The molecule has 4 heteroatoms. The van der Waals surface area contributed by atoms with Crippen molar-refractivity contribution < 1.29 is 19.4 Å². The average molecular weight is 328 g/mol. The van der Waals surface area contributed by atoms with Gasteiger partial charge in [0.2, 0.25) is 0 Å². The molecule has 0 saturated carbocycles. The summed E-state index contributed by atoms with van der Waals surface area (Å²) in [7, 11) is 1.74. The summed E-state index contributed by atoms with van der Waals surface area (Å²) in [6.45, 7) is 11.9. The second-order valence-corrected chi connectivity index (χ2v) is 7.53. The van der Waals surface area contributed by atoms with E-state index in [1.807, 2.05) is 20.8 Å². The SMILES string of the molecule is COC(C)(C)CCCC(C)CC(O)C/C(C)=C/C(=O)OC(C)C. The third-order valence-electron chi connectivity index (χ3n) is 3.98. The average Bonchev–Trinajstić information content (AvgIpc) is 2.36. The number of aliphatic hydroxyl groups is 1. The van der Waals surface area contributed by atoms with Crippen molar-refractivity contribution >= 4 is 5.97 Å². The highest BCUT2D eigenvalue weighted by Gasteiger charge is 2.17. The summed E-state index contributed by atoms with van der Waals surface area (Å²) in [4.78, 5) is 11.5. The predicted molar refractivity (Wildman–Crippen MR) is 94.3 cm³/mol. The van der Waals surface area contributed by atoms with Gasteiger partial charge in [-0.3, -0.25) is 0 Å². The van der Waals surface area contributed by atoms with Crippen LogP contribution in [0, 0.1) is 5.92 Å². The molecule has 4 nitrogen and oxygen atoms in total. The molecular formula is C19H36O4. The van der Waals surface area contributed by atoms with Crippen LogP contribution >= 0.6 is 0 Å². The normalized spacial score (nSPS) is 15.6. The van der Waals surface area contributed by atoms with Gasteiger partial charge in [-0.05, 0) is 59.8 Å². The minimum absolute atomic E-state index is 0.0750. The molecule has 2 atom stereocenters. The van der Waals surface area contributed by atoms with Crippen molar-refractivity contribution in [2.24, 2.45) is 5.92 Å². The minimum atomic E-state index is -0.413. The largest absolute Gasteiger partial charge is 0.460 e. The fraction of sp³-hybridized carbons (Fsp3) is 0.842. The zero-order valence-electron chi connectivity index (χ0n) is 16.0. The van der Waals surface area contributed by atoms with E-state index in [0.717, 1.165) is 31.3 Å².